The van der Waals surface area contributed by atoms with E-state index in [1.165, 1.54) is 0 Å². The van der Waals surface area contributed by atoms with Gasteiger partial charge in [-0.05, 0) is 12.1 Å². The number of methoxy groups -OCH3 is 1. The highest BCUT2D eigenvalue weighted by molar-refractivity contribution is 9.10. The third-order valence-electron chi connectivity index (χ3n) is 2.34. The number of benzene rings is 1. The van der Waals surface area contributed by atoms with Crippen LogP contribution in [0.1, 0.15) is 17.2 Å². The maximum absolute atomic E-state index is 9.86. The molecule has 1 aliphatic heterocycles. The zero-order valence-electron chi connectivity index (χ0n) is 7.79. The van der Waals surface area contributed by atoms with Gasteiger partial charge in [-0.15, -0.1) is 0 Å². The van der Waals surface area contributed by atoms with Crippen LogP contribution < -0.4 is 4.74 Å². The van der Waals surface area contributed by atoms with Crippen LogP contribution in [-0.2, 0) is 5.75 Å². The van der Waals surface area contributed by atoms with Crippen LogP contribution in [0.5, 0.6) is 5.75 Å². The maximum Gasteiger partial charge on any atom is 0.123 e. The predicted molar refractivity (Wildman–Crippen MR) is 61.8 cm³/mol. The van der Waals surface area contributed by atoms with E-state index in [2.05, 4.69) is 15.9 Å². The Morgan fingerprint density at radius 2 is 2.36 bits per heavy atom. The summed E-state index contributed by atoms with van der Waals surface area (Å²) in [5.41, 5.74) is 2.11. The van der Waals surface area contributed by atoms with Crippen LogP contribution >= 0.6 is 27.7 Å². The minimum atomic E-state index is -0.381. The molecule has 76 valence electrons. The Morgan fingerprint density at radius 3 is 3.07 bits per heavy atom. The van der Waals surface area contributed by atoms with Crippen LogP contribution in [-0.4, -0.2) is 18.0 Å². The highest BCUT2D eigenvalue weighted by Crippen LogP contribution is 2.40. The first-order valence-electron chi connectivity index (χ1n) is 4.35. The standard InChI is InChI=1S/C10H11BrO2S/c1-13-9-3-2-7(11)10-6(9)4-14-5-8(10)12/h2-3,8,12H,4-5H2,1H3/t8-/m1/s1. The molecule has 0 bridgehead atoms. The van der Waals surface area contributed by atoms with Crippen molar-refractivity contribution in [3.63, 3.8) is 0 Å². The van der Waals surface area contributed by atoms with Crippen LogP contribution in [0.3, 0.4) is 0 Å². The maximum atomic E-state index is 9.86. The number of aliphatic hydroxyl groups is 1. The van der Waals surface area contributed by atoms with E-state index in [9.17, 15) is 5.11 Å². The van der Waals surface area contributed by atoms with Gasteiger partial charge >= 0.3 is 0 Å². The molecule has 0 radical (unpaired) electrons. The van der Waals surface area contributed by atoms with E-state index in [-0.39, 0.29) is 6.10 Å². The molecule has 0 aliphatic carbocycles. The van der Waals surface area contributed by atoms with Crippen molar-refractivity contribution in [3.8, 4) is 5.75 Å². The van der Waals surface area contributed by atoms with E-state index in [1.54, 1.807) is 18.9 Å². The molecule has 0 aromatic heterocycles. The predicted octanol–water partition coefficient (Wildman–Crippen LogP) is 2.74. The van der Waals surface area contributed by atoms with E-state index in [0.717, 1.165) is 32.9 Å². The average Bonchev–Trinajstić information content (AvgIpc) is 2.18. The summed E-state index contributed by atoms with van der Waals surface area (Å²) in [6.45, 7) is 0. The molecule has 4 heteroatoms. The third-order valence-corrected chi connectivity index (χ3v) is 4.07. The largest absolute Gasteiger partial charge is 0.496 e. The van der Waals surface area contributed by atoms with E-state index < -0.39 is 0 Å². The summed E-state index contributed by atoms with van der Waals surface area (Å²) in [5, 5.41) is 9.86. The quantitative estimate of drug-likeness (QED) is 0.854. The Kier molecular flexibility index (Phi) is 3.04. The molecular formula is C10H11BrO2S. The minimum Gasteiger partial charge on any atom is -0.496 e. The second-order valence-corrected chi connectivity index (χ2v) is 5.06. The fourth-order valence-electron chi connectivity index (χ4n) is 1.67. The molecule has 2 nitrogen and oxygen atoms in total. The molecule has 1 N–H and O–H groups in total. The normalized spacial score (nSPS) is 20.4. The molecular weight excluding hydrogens is 264 g/mol. The molecule has 0 fully saturated rings. The highest BCUT2D eigenvalue weighted by Gasteiger charge is 2.23. The van der Waals surface area contributed by atoms with Crippen LogP contribution in [0.4, 0.5) is 0 Å². The monoisotopic (exact) mass is 274 g/mol. The first kappa shape index (κ1) is 10.3. The van der Waals surface area contributed by atoms with Crippen LogP contribution in [0.2, 0.25) is 0 Å². The minimum absolute atomic E-state index is 0.381. The van der Waals surface area contributed by atoms with Gasteiger partial charge in [-0.25, -0.2) is 0 Å². The first-order chi connectivity index (χ1) is 6.74. The summed E-state index contributed by atoms with van der Waals surface area (Å²) in [6, 6.07) is 3.86. The number of rotatable bonds is 1. The average molecular weight is 275 g/mol. The molecule has 1 aliphatic rings. The van der Waals surface area contributed by atoms with Crippen LogP contribution in [0.15, 0.2) is 16.6 Å². The van der Waals surface area contributed by atoms with Crippen molar-refractivity contribution in [1.29, 1.82) is 0 Å². The summed E-state index contributed by atoms with van der Waals surface area (Å²) in [7, 11) is 1.66. The zero-order chi connectivity index (χ0) is 10.1. The van der Waals surface area contributed by atoms with Crippen molar-refractivity contribution in [2.45, 2.75) is 11.9 Å². The molecule has 1 aromatic rings. The Labute approximate surface area is 95.8 Å². The summed E-state index contributed by atoms with van der Waals surface area (Å²) in [6.07, 6.45) is -0.381. The lowest BCUT2D eigenvalue weighted by Crippen LogP contribution is -2.11. The molecule has 0 saturated heterocycles. The first-order valence-corrected chi connectivity index (χ1v) is 6.30. The summed E-state index contributed by atoms with van der Waals surface area (Å²) in [4.78, 5) is 0. The second kappa shape index (κ2) is 4.13. The van der Waals surface area contributed by atoms with Gasteiger partial charge in [0.25, 0.3) is 0 Å². The number of fused-ring (bicyclic) bond motifs is 1. The lowest BCUT2D eigenvalue weighted by Gasteiger charge is -2.24. The van der Waals surface area contributed by atoms with Crippen molar-refractivity contribution < 1.29 is 9.84 Å². The second-order valence-electron chi connectivity index (χ2n) is 3.17. The third kappa shape index (κ3) is 1.66. The van der Waals surface area contributed by atoms with Gasteiger partial charge in [0, 0.05) is 27.1 Å². The number of aliphatic hydroxyl groups excluding tert-OH is 1. The van der Waals surface area contributed by atoms with Gasteiger partial charge < -0.3 is 9.84 Å². The van der Waals surface area contributed by atoms with Crippen LogP contribution in [0, 0.1) is 0 Å². The zero-order valence-corrected chi connectivity index (χ0v) is 10.2. The summed E-state index contributed by atoms with van der Waals surface area (Å²) in [5.74, 6) is 2.54. The number of hydrogen-bond donors (Lipinski definition) is 1. The Hall–Kier alpha value is -0.190. The van der Waals surface area contributed by atoms with Crippen LogP contribution in [0.25, 0.3) is 0 Å². The molecule has 0 unspecified atom stereocenters. The summed E-state index contributed by atoms with van der Waals surface area (Å²) >= 11 is 5.19. The Morgan fingerprint density at radius 1 is 1.57 bits per heavy atom. The SMILES string of the molecule is COc1ccc(Br)c2c1CSC[C@H]2O. The van der Waals surface area contributed by atoms with Gasteiger partial charge in [0.15, 0.2) is 0 Å². The van der Waals surface area contributed by atoms with Gasteiger partial charge in [0.2, 0.25) is 0 Å². The molecule has 0 amide bonds. The van der Waals surface area contributed by atoms with E-state index in [4.69, 9.17) is 4.74 Å². The topological polar surface area (TPSA) is 29.5 Å². The lowest BCUT2D eigenvalue weighted by molar-refractivity contribution is 0.200. The van der Waals surface area contributed by atoms with Crippen molar-refractivity contribution in [3.05, 3.63) is 27.7 Å². The molecule has 1 aromatic carbocycles. The number of thioether (sulfide) groups is 1. The number of halogens is 1. The van der Waals surface area contributed by atoms with E-state index >= 15 is 0 Å². The molecule has 14 heavy (non-hydrogen) atoms. The van der Waals surface area contributed by atoms with Crippen molar-refractivity contribution in [2.24, 2.45) is 0 Å². The van der Waals surface area contributed by atoms with Crippen molar-refractivity contribution in [2.75, 3.05) is 12.9 Å². The molecule has 1 atom stereocenters. The Balaban J connectivity index is 2.57. The lowest BCUT2D eigenvalue weighted by atomic mass is 10.0. The van der Waals surface area contributed by atoms with E-state index in [1.807, 2.05) is 12.1 Å². The fraction of sp³-hybridized carbons (Fsp3) is 0.400. The summed E-state index contributed by atoms with van der Waals surface area (Å²) < 4.78 is 6.24. The van der Waals surface area contributed by atoms with Crippen molar-refractivity contribution in [1.82, 2.24) is 0 Å². The molecule has 0 spiro atoms. The van der Waals surface area contributed by atoms with Gasteiger partial charge in [0.1, 0.15) is 5.75 Å². The number of hydrogen-bond acceptors (Lipinski definition) is 3. The molecule has 0 saturated carbocycles. The van der Waals surface area contributed by atoms with Gasteiger partial charge in [-0.3, -0.25) is 0 Å². The molecule has 2 rings (SSSR count). The van der Waals surface area contributed by atoms with Gasteiger partial charge in [-0.1, -0.05) is 15.9 Å². The van der Waals surface area contributed by atoms with E-state index in [0.29, 0.717) is 0 Å². The van der Waals surface area contributed by atoms with Crippen molar-refractivity contribution >= 4 is 27.7 Å². The Bertz CT molecular complexity index is 354. The smallest absolute Gasteiger partial charge is 0.123 e. The molecule has 1 heterocycles. The van der Waals surface area contributed by atoms with Gasteiger partial charge in [-0.2, -0.15) is 11.8 Å². The number of ether oxygens (including phenoxy) is 1. The van der Waals surface area contributed by atoms with Gasteiger partial charge in [0.05, 0.1) is 13.2 Å². The highest BCUT2D eigenvalue weighted by atomic mass is 79.9. The fourth-order valence-corrected chi connectivity index (χ4v) is 3.32.